The van der Waals surface area contributed by atoms with E-state index in [4.69, 9.17) is 9.47 Å². The number of ketones is 1. The van der Waals surface area contributed by atoms with Gasteiger partial charge in [0, 0.05) is 0 Å². The van der Waals surface area contributed by atoms with Crippen molar-refractivity contribution in [3.63, 3.8) is 0 Å². The summed E-state index contributed by atoms with van der Waals surface area (Å²) in [5, 5.41) is 14.5. The molecule has 0 fully saturated rings. The van der Waals surface area contributed by atoms with Crippen LogP contribution in [0.1, 0.15) is 83.1 Å². The molecule has 0 saturated heterocycles. The van der Waals surface area contributed by atoms with Crippen LogP contribution in [0.15, 0.2) is 0 Å². The van der Waals surface area contributed by atoms with E-state index in [0.29, 0.717) is 0 Å². The molecule has 0 aliphatic heterocycles. The Morgan fingerprint density at radius 2 is 1.07 bits per heavy atom. The summed E-state index contributed by atoms with van der Waals surface area (Å²) in [5.74, 6) is -0.108. The molecular formula is C20H40N2O6. The highest BCUT2D eigenvalue weighted by molar-refractivity contribution is 5.88. The topological polar surface area (TPSA) is 114 Å². The zero-order valence-electron chi connectivity index (χ0n) is 19.6. The first-order valence-electron chi connectivity index (χ1n) is 9.30. The largest absolute Gasteiger partial charge is 0.444 e. The molecule has 0 heterocycles. The number of hydrogen-bond donors (Lipinski definition) is 3. The summed E-state index contributed by atoms with van der Waals surface area (Å²) in [4.78, 5) is 33.7. The van der Waals surface area contributed by atoms with Crippen LogP contribution in [-0.4, -0.2) is 51.5 Å². The Balaban J connectivity index is 0. The molecule has 0 aromatic heterocycles. The molecule has 0 aromatic rings. The van der Waals surface area contributed by atoms with Gasteiger partial charge in [-0.2, -0.15) is 0 Å². The van der Waals surface area contributed by atoms with Crippen LogP contribution in [0.5, 0.6) is 0 Å². The molecule has 0 radical (unpaired) electrons. The van der Waals surface area contributed by atoms with E-state index < -0.39 is 40.6 Å². The highest BCUT2D eigenvalue weighted by Crippen LogP contribution is 2.12. The van der Waals surface area contributed by atoms with Gasteiger partial charge < -0.3 is 25.2 Å². The first kappa shape index (κ1) is 28.4. The summed E-state index contributed by atoms with van der Waals surface area (Å²) in [6.45, 7) is 20.5. The van der Waals surface area contributed by atoms with Gasteiger partial charge in [-0.15, -0.1) is 0 Å². The van der Waals surface area contributed by atoms with Gasteiger partial charge in [0.25, 0.3) is 0 Å². The summed E-state index contributed by atoms with van der Waals surface area (Å²) in [7, 11) is 0. The van der Waals surface area contributed by atoms with Gasteiger partial charge in [0.1, 0.15) is 11.2 Å². The third kappa shape index (κ3) is 14.3. The van der Waals surface area contributed by atoms with Gasteiger partial charge in [0.15, 0.2) is 5.78 Å². The molecule has 0 saturated carbocycles. The number of carbonyl (C=O) groups excluding carboxylic acids is 3. The maximum atomic E-state index is 11.3. The lowest BCUT2D eigenvalue weighted by atomic mass is 9.99. The van der Waals surface area contributed by atoms with Crippen molar-refractivity contribution in [2.75, 3.05) is 0 Å². The molecule has 8 heteroatoms. The average Bonchev–Trinajstić information content (AvgIpc) is 2.32. The third-order valence-electron chi connectivity index (χ3n) is 3.56. The number of aliphatic hydroxyl groups excluding tert-OH is 1. The van der Waals surface area contributed by atoms with Crippen LogP contribution in [0, 0.1) is 0 Å². The Hall–Kier alpha value is -1.83. The van der Waals surface area contributed by atoms with Gasteiger partial charge in [-0.05, 0) is 83.1 Å². The van der Waals surface area contributed by atoms with Crippen LogP contribution in [0.25, 0.3) is 0 Å². The number of carbonyl (C=O) groups is 3. The van der Waals surface area contributed by atoms with Crippen LogP contribution in [0.4, 0.5) is 9.59 Å². The molecule has 0 rings (SSSR count). The van der Waals surface area contributed by atoms with Crippen molar-refractivity contribution >= 4 is 18.0 Å². The van der Waals surface area contributed by atoms with Crippen molar-refractivity contribution in [1.29, 1.82) is 0 Å². The monoisotopic (exact) mass is 404 g/mol. The van der Waals surface area contributed by atoms with Crippen molar-refractivity contribution in [3.8, 4) is 0 Å². The Bertz CT molecular complexity index is 540. The van der Waals surface area contributed by atoms with Crippen molar-refractivity contribution in [2.24, 2.45) is 0 Å². The second kappa shape index (κ2) is 10.1. The summed E-state index contributed by atoms with van der Waals surface area (Å²) < 4.78 is 10.1. The lowest BCUT2D eigenvalue weighted by molar-refractivity contribution is -0.122. The molecular weight excluding hydrogens is 364 g/mol. The molecule has 0 aliphatic carbocycles. The van der Waals surface area contributed by atoms with Crippen LogP contribution < -0.4 is 10.6 Å². The lowest BCUT2D eigenvalue weighted by Gasteiger charge is -2.30. The minimum atomic E-state index is -0.873. The van der Waals surface area contributed by atoms with Crippen LogP contribution in [-0.2, 0) is 14.3 Å². The normalized spacial score (nSPS) is 13.5. The molecule has 0 aromatic carbocycles. The second-order valence-electron chi connectivity index (χ2n) is 9.83. The summed E-state index contributed by atoms with van der Waals surface area (Å²) in [6, 6.07) is 0. The van der Waals surface area contributed by atoms with Gasteiger partial charge >= 0.3 is 12.2 Å². The van der Waals surface area contributed by atoms with Crippen molar-refractivity contribution in [1.82, 2.24) is 10.6 Å². The van der Waals surface area contributed by atoms with Crippen LogP contribution in [0.2, 0.25) is 0 Å². The third-order valence-corrected chi connectivity index (χ3v) is 3.56. The van der Waals surface area contributed by atoms with E-state index in [2.05, 4.69) is 10.6 Å². The smallest absolute Gasteiger partial charge is 0.408 e. The fourth-order valence-corrected chi connectivity index (χ4v) is 1.32. The van der Waals surface area contributed by atoms with E-state index in [-0.39, 0.29) is 5.78 Å². The quantitative estimate of drug-likeness (QED) is 0.660. The number of alkyl carbamates (subject to hydrolysis) is 2. The first-order chi connectivity index (χ1) is 12.1. The molecule has 8 nitrogen and oxygen atoms in total. The van der Waals surface area contributed by atoms with Crippen LogP contribution >= 0.6 is 0 Å². The maximum absolute atomic E-state index is 11.3. The molecule has 166 valence electrons. The number of amides is 2. The Morgan fingerprint density at radius 1 is 0.750 bits per heavy atom. The number of aliphatic hydroxyl groups is 1. The standard InChI is InChI=1S/C10H21NO3.C10H19NO3/c2*1-7(12)10(5,6)11-8(13)14-9(2,3)4/h7,12H,1-6H3,(H,11,13);1-6H3,(H,11,13). The van der Waals surface area contributed by atoms with Gasteiger partial charge in [-0.25, -0.2) is 9.59 Å². The number of hydrogen-bond acceptors (Lipinski definition) is 6. The molecule has 1 unspecified atom stereocenters. The Kier molecular flexibility index (Phi) is 10.2. The molecule has 28 heavy (non-hydrogen) atoms. The van der Waals surface area contributed by atoms with Crippen molar-refractivity contribution in [2.45, 2.75) is 111 Å². The highest BCUT2D eigenvalue weighted by atomic mass is 16.6. The zero-order chi connectivity index (χ0) is 23.1. The fraction of sp³-hybridized carbons (Fsp3) is 0.850. The van der Waals surface area contributed by atoms with Crippen LogP contribution in [0.3, 0.4) is 0 Å². The van der Waals surface area contributed by atoms with E-state index >= 15 is 0 Å². The highest BCUT2D eigenvalue weighted by Gasteiger charge is 2.29. The van der Waals surface area contributed by atoms with Gasteiger partial charge in [-0.1, -0.05) is 0 Å². The number of rotatable bonds is 4. The lowest BCUT2D eigenvalue weighted by Crippen LogP contribution is -2.52. The Morgan fingerprint density at radius 3 is 1.32 bits per heavy atom. The predicted octanol–water partition coefficient (Wildman–Crippen LogP) is 3.55. The molecule has 1 atom stereocenters. The first-order valence-corrected chi connectivity index (χ1v) is 9.30. The number of ether oxygens (including phenoxy) is 2. The minimum absolute atomic E-state index is 0.108. The zero-order valence-corrected chi connectivity index (χ0v) is 19.6. The van der Waals surface area contributed by atoms with E-state index in [1.165, 1.54) is 6.92 Å². The molecule has 0 spiro atoms. The van der Waals surface area contributed by atoms with E-state index in [9.17, 15) is 19.5 Å². The SMILES string of the molecule is CC(=O)C(C)(C)NC(=O)OC(C)(C)C.CC(O)C(C)(C)NC(=O)OC(C)(C)C. The average molecular weight is 405 g/mol. The maximum Gasteiger partial charge on any atom is 0.408 e. The van der Waals surface area contributed by atoms with E-state index in [0.717, 1.165) is 0 Å². The summed E-state index contributed by atoms with van der Waals surface area (Å²) in [5.41, 5.74) is -2.61. The fourth-order valence-electron chi connectivity index (χ4n) is 1.32. The van der Waals surface area contributed by atoms with Crippen molar-refractivity contribution < 1.29 is 29.0 Å². The molecule has 3 N–H and O–H groups in total. The molecule has 2 amide bonds. The summed E-state index contributed by atoms with van der Waals surface area (Å²) in [6.07, 6.45) is -1.71. The Labute approximate surface area is 169 Å². The second-order valence-corrected chi connectivity index (χ2v) is 9.83. The van der Waals surface area contributed by atoms with E-state index in [1.54, 1.807) is 76.2 Å². The summed E-state index contributed by atoms with van der Waals surface area (Å²) >= 11 is 0. The number of Topliss-reactive ketones (excluding diaryl/α,β-unsaturated/α-hetero) is 1. The number of nitrogens with one attached hydrogen (secondary N) is 2. The minimum Gasteiger partial charge on any atom is -0.444 e. The van der Waals surface area contributed by atoms with Crippen molar-refractivity contribution in [3.05, 3.63) is 0 Å². The molecule has 0 bridgehead atoms. The van der Waals surface area contributed by atoms with Gasteiger partial charge in [-0.3, -0.25) is 4.79 Å². The van der Waals surface area contributed by atoms with Gasteiger partial charge in [0.2, 0.25) is 0 Å². The predicted molar refractivity (Wildman–Crippen MR) is 109 cm³/mol. The van der Waals surface area contributed by atoms with Gasteiger partial charge in [0.05, 0.1) is 17.2 Å². The molecule has 0 aliphatic rings. The van der Waals surface area contributed by atoms with E-state index in [1.807, 2.05) is 0 Å².